The zero-order valence-corrected chi connectivity index (χ0v) is 17.2. The van der Waals surface area contributed by atoms with Crippen LogP contribution in [0.25, 0.3) is 5.69 Å². The second-order valence-corrected chi connectivity index (χ2v) is 6.98. The largest absolute Gasteiger partial charge is 0.493 e. The molecule has 1 N–H and O–H groups in total. The number of aromatic nitrogens is 3. The number of nitrogens with zero attached hydrogens (tertiary/aromatic N) is 3. The van der Waals surface area contributed by atoms with Crippen LogP contribution in [0, 0.1) is 25.6 Å². The van der Waals surface area contributed by atoms with Crippen LogP contribution in [0.4, 0.5) is 13.2 Å². The summed E-state index contributed by atoms with van der Waals surface area (Å²) in [4.78, 5) is 23.6. The zero-order chi connectivity index (χ0) is 23.4. The standard InChI is InChI=1S/C21H20F3N3O5/c1-12-4-3-5-15(8-12)31-10-14(19(28)29)11-32-16-6-7-18(17(22)9-16)27-21(30)26(20(23)24)13(2)25-27/h3-9,14,20H,10-11H2,1-2H3,(H,28,29). The van der Waals surface area contributed by atoms with Gasteiger partial charge in [0.25, 0.3) is 0 Å². The molecule has 0 saturated carbocycles. The number of hydrogen-bond acceptors (Lipinski definition) is 5. The van der Waals surface area contributed by atoms with Gasteiger partial charge in [-0.25, -0.2) is 13.8 Å². The second kappa shape index (κ2) is 9.58. The Morgan fingerprint density at radius 1 is 1.09 bits per heavy atom. The lowest BCUT2D eigenvalue weighted by atomic mass is 10.2. The lowest BCUT2D eigenvalue weighted by Crippen LogP contribution is -2.28. The number of hydrogen-bond donors (Lipinski definition) is 1. The minimum Gasteiger partial charge on any atom is -0.493 e. The molecule has 0 spiro atoms. The van der Waals surface area contributed by atoms with Crippen LogP contribution in [-0.4, -0.2) is 38.6 Å². The molecule has 1 unspecified atom stereocenters. The molecule has 0 fully saturated rings. The Labute approximate surface area is 180 Å². The van der Waals surface area contributed by atoms with E-state index in [0.29, 0.717) is 10.4 Å². The monoisotopic (exact) mass is 451 g/mol. The predicted octanol–water partition coefficient (Wildman–Crippen LogP) is 3.34. The van der Waals surface area contributed by atoms with Crippen molar-refractivity contribution in [3.63, 3.8) is 0 Å². The first-order valence-corrected chi connectivity index (χ1v) is 9.48. The maximum atomic E-state index is 14.5. The smallest absolute Gasteiger partial charge is 0.355 e. The molecule has 2 aromatic carbocycles. The number of alkyl halides is 2. The van der Waals surface area contributed by atoms with Crippen molar-refractivity contribution in [1.29, 1.82) is 0 Å². The van der Waals surface area contributed by atoms with Gasteiger partial charge in [0.1, 0.15) is 42.1 Å². The van der Waals surface area contributed by atoms with Crippen LogP contribution in [0.1, 0.15) is 17.9 Å². The molecule has 0 bridgehead atoms. The molecule has 3 rings (SSSR count). The number of carbonyl (C=O) groups is 1. The van der Waals surface area contributed by atoms with Gasteiger partial charge in [-0.2, -0.15) is 13.5 Å². The van der Waals surface area contributed by atoms with Crippen LogP contribution in [0.2, 0.25) is 0 Å². The molecule has 0 amide bonds. The number of carboxylic acids is 1. The van der Waals surface area contributed by atoms with Gasteiger partial charge in [0, 0.05) is 6.07 Å². The minimum atomic E-state index is -3.11. The highest BCUT2D eigenvalue weighted by Crippen LogP contribution is 2.21. The van der Waals surface area contributed by atoms with E-state index in [1.165, 1.54) is 13.0 Å². The van der Waals surface area contributed by atoms with E-state index in [0.717, 1.165) is 17.7 Å². The summed E-state index contributed by atoms with van der Waals surface area (Å²) in [5.74, 6) is -2.92. The van der Waals surface area contributed by atoms with Crippen molar-refractivity contribution >= 4 is 5.97 Å². The molecule has 0 saturated heterocycles. The van der Waals surface area contributed by atoms with E-state index in [-0.39, 0.29) is 35.0 Å². The van der Waals surface area contributed by atoms with Crippen molar-refractivity contribution in [2.24, 2.45) is 5.92 Å². The predicted molar refractivity (Wildman–Crippen MR) is 107 cm³/mol. The summed E-state index contributed by atoms with van der Waals surface area (Å²) in [6.07, 6.45) is 0. The molecular formula is C21H20F3N3O5. The third-order valence-electron chi connectivity index (χ3n) is 4.56. The Balaban J connectivity index is 1.70. The average Bonchev–Trinajstić information content (AvgIpc) is 3.01. The highest BCUT2D eigenvalue weighted by Gasteiger charge is 2.22. The first kappa shape index (κ1) is 22.9. The topological polar surface area (TPSA) is 95.6 Å². The maximum Gasteiger partial charge on any atom is 0.355 e. The number of aliphatic carboxylic acids is 1. The van der Waals surface area contributed by atoms with Crippen molar-refractivity contribution in [2.75, 3.05) is 13.2 Å². The molecule has 170 valence electrons. The highest BCUT2D eigenvalue weighted by molar-refractivity contribution is 5.70. The Bertz CT molecular complexity index is 1180. The summed E-state index contributed by atoms with van der Waals surface area (Å²) in [5.41, 5.74) is -0.583. The third-order valence-corrected chi connectivity index (χ3v) is 4.56. The van der Waals surface area contributed by atoms with E-state index in [4.69, 9.17) is 9.47 Å². The molecule has 1 atom stereocenters. The van der Waals surface area contributed by atoms with E-state index in [9.17, 15) is 27.9 Å². The number of halogens is 3. The summed E-state index contributed by atoms with van der Waals surface area (Å²) in [6.45, 7) is -0.518. The highest BCUT2D eigenvalue weighted by atomic mass is 19.3. The van der Waals surface area contributed by atoms with Gasteiger partial charge in [-0.1, -0.05) is 12.1 Å². The lowest BCUT2D eigenvalue weighted by Gasteiger charge is -2.15. The third kappa shape index (κ3) is 5.10. The molecule has 1 aromatic heterocycles. The van der Waals surface area contributed by atoms with Crippen LogP contribution >= 0.6 is 0 Å². The number of rotatable bonds is 9. The van der Waals surface area contributed by atoms with Crippen LogP contribution in [-0.2, 0) is 4.79 Å². The van der Waals surface area contributed by atoms with E-state index < -0.39 is 29.9 Å². The Morgan fingerprint density at radius 3 is 2.28 bits per heavy atom. The van der Waals surface area contributed by atoms with Gasteiger partial charge < -0.3 is 14.6 Å². The fraction of sp³-hybridized carbons (Fsp3) is 0.286. The van der Waals surface area contributed by atoms with E-state index in [2.05, 4.69) is 5.10 Å². The normalized spacial score (nSPS) is 12.1. The van der Waals surface area contributed by atoms with Crippen molar-refractivity contribution in [3.05, 3.63) is 70.2 Å². The van der Waals surface area contributed by atoms with Gasteiger partial charge >= 0.3 is 18.2 Å². The summed E-state index contributed by atoms with van der Waals surface area (Å²) in [7, 11) is 0. The SMILES string of the molecule is Cc1cccc(OCC(COc2ccc(-n3nc(C)n(C(F)F)c3=O)c(F)c2)C(=O)O)c1. The summed E-state index contributed by atoms with van der Waals surface area (Å²) < 4.78 is 52.0. The molecule has 11 heteroatoms. The molecule has 0 aliphatic heterocycles. The molecule has 0 aliphatic rings. The van der Waals surface area contributed by atoms with Crippen molar-refractivity contribution in [1.82, 2.24) is 14.3 Å². The molecule has 8 nitrogen and oxygen atoms in total. The van der Waals surface area contributed by atoms with Gasteiger partial charge in [0.15, 0.2) is 5.82 Å². The summed E-state index contributed by atoms with van der Waals surface area (Å²) >= 11 is 0. The van der Waals surface area contributed by atoms with Crippen molar-refractivity contribution < 1.29 is 32.5 Å². The fourth-order valence-electron chi connectivity index (χ4n) is 2.90. The van der Waals surface area contributed by atoms with Crippen LogP contribution < -0.4 is 15.2 Å². The van der Waals surface area contributed by atoms with Crippen LogP contribution in [0.5, 0.6) is 11.5 Å². The van der Waals surface area contributed by atoms with E-state index in [1.807, 2.05) is 13.0 Å². The zero-order valence-electron chi connectivity index (χ0n) is 17.2. The van der Waals surface area contributed by atoms with Gasteiger partial charge in [-0.3, -0.25) is 4.79 Å². The fourth-order valence-corrected chi connectivity index (χ4v) is 2.90. The Kier molecular flexibility index (Phi) is 6.86. The van der Waals surface area contributed by atoms with Gasteiger partial charge in [-0.05, 0) is 43.7 Å². The molecular weight excluding hydrogens is 431 g/mol. The minimum absolute atomic E-state index is 0.00822. The van der Waals surface area contributed by atoms with Gasteiger partial charge in [-0.15, -0.1) is 5.10 Å². The Morgan fingerprint density at radius 2 is 1.75 bits per heavy atom. The van der Waals surface area contributed by atoms with Crippen LogP contribution in [0.3, 0.4) is 0 Å². The second-order valence-electron chi connectivity index (χ2n) is 6.98. The number of carboxylic acid groups (broad SMARTS) is 1. The van der Waals surface area contributed by atoms with Crippen molar-refractivity contribution in [2.45, 2.75) is 20.4 Å². The van der Waals surface area contributed by atoms with E-state index in [1.54, 1.807) is 18.2 Å². The summed E-state index contributed by atoms with van der Waals surface area (Å²) in [6, 6.07) is 10.4. The molecule has 1 heterocycles. The number of aryl methyl sites for hydroxylation is 2. The summed E-state index contributed by atoms with van der Waals surface area (Å²) in [5, 5.41) is 13.1. The number of benzene rings is 2. The molecule has 0 aliphatic carbocycles. The van der Waals surface area contributed by atoms with Crippen LogP contribution in [0.15, 0.2) is 47.3 Å². The quantitative estimate of drug-likeness (QED) is 0.536. The maximum absolute atomic E-state index is 14.5. The van der Waals surface area contributed by atoms with Gasteiger partial charge in [0.05, 0.1) is 0 Å². The molecule has 32 heavy (non-hydrogen) atoms. The number of ether oxygens (including phenoxy) is 2. The Hall–Kier alpha value is -3.76. The molecule has 3 aromatic rings. The van der Waals surface area contributed by atoms with Crippen molar-refractivity contribution in [3.8, 4) is 17.2 Å². The van der Waals surface area contributed by atoms with Gasteiger partial charge in [0.2, 0.25) is 0 Å². The van der Waals surface area contributed by atoms with E-state index >= 15 is 0 Å². The first-order valence-electron chi connectivity index (χ1n) is 9.48. The average molecular weight is 451 g/mol. The first-order chi connectivity index (χ1) is 15.2. The molecule has 0 radical (unpaired) electrons. The lowest BCUT2D eigenvalue weighted by molar-refractivity contribution is -0.143.